The third kappa shape index (κ3) is 2.65. The zero-order valence-corrected chi connectivity index (χ0v) is 8.12. The van der Waals surface area contributed by atoms with Gasteiger partial charge in [0.15, 0.2) is 5.22 Å². The minimum absolute atomic E-state index is 0.0367. The van der Waals surface area contributed by atoms with E-state index in [1.807, 2.05) is 0 Å². The van der Waals surface area contributed by atoms with Crippen molar-refractivity contribution in [1.29, 1.82) is 0 Å². The molecule has 0 aliphatic heterocycles. The predicted octanol–water partition coefficient (Wildman–Crippen LogP) is 2.80. The van der Waals surface area contributed by atoms with Crippen LogP contribution in [0.2, 0.25) is 5.22 Å². The van der Waals surface area contributed by atoms with E-state index in [9.17, 15) is 13.2 Å². The quantitative estimate of drug-likeness (QED) is 0.859. The van der Waals surface area contributed by atoms with Crippen LogP contribution in [0.4, 0.5) is 13.2 Å². The predicted molar refractivity (Wildman–Crippen MR) is 46.4 cm³/mol. The van der Waals surface area contributed by atoms with Crippen LogP contribution in [0.5, 0.6) is 0 Å². The number of nitrogens with one attached hydrogen (secondary N) is 1. The molecule has 0 fully saturated rings. The molecule has 1 aromatic heterocycles. The van der Waals surface area contributed by atoms with Crippen molar-refractivity contribution < 1.29 is 17.6 Å². The summed E-state index contributed by atoms with van der Waals surface area (Å²) in [6.07, 6.45) is -4.33. The number of rotatable bonds is 3. The first kappa shape index (κ1) is 11.4. The lowest BCUT2D eigenvalue weighted by Crippen LogP contribution is -2.29. The van der Waals surface area contributed by atoms with Gasteiger partial charge in [-0.15, -0.1) is 0 Å². The molecule has 1 N–H and O–H groups in total. The van der Waals surface area contributed by atoms with Crippen LogP contribution in [0.25, 0.3) is 0 Å². The van der Waals surface area contributed by atoms with Gasteiger partial charge in [0.25, 0.3) is 0 Å². The molecule has 80 valence electrons. The number of hydrogen-bond donors (Lipinski definition) is 1. The normalized spacial score (nSPS) is 14.4. The second-order valence-corrected chi connectivity index (χ2v) is 3.17. The zero-order chi connectivity index (χ0) is 10.8. The Bertz CT molecular complexity index is 297. The molecule has 1 heterocycles. The molecule has 0 saturated heterocycles. The Morgan fingerprint density at radius 1 is 1.50 bits per heavy atom. The van der Waals surface area contributed by atoms with Crippen molar-refractivity contribution in [2.24, 2.45) is 0 Å². The minimum Gasteiger partial charge on any atom is -0.449 e. The maximum absolute atomic E-state index is 12.5. The molecule has 0 amide bonds. The lowest BCUT2D eigenvalue weighted by Gasteiger charge is -2.17. The molecule has 1 aromatic rings. The highest BCUT2D eigenvalue weighted by atomic mass is 35.5. The van der Waals surface area contributed by atoms with E-state index in [0.29, 0.717) is 0 Å². The van der Waals surface area contributed by atoms with Crippen LogP contribution in [0.3, 0.4) is 0 Å². The molecule has 1 atom stereocenters. The van der Waals surface area contributed by atoms with E-state index in [0.717, 1.165) is 0 Å². The summed E-state index contributed by atoms with van der Waals surface area (Å²) in [5, 5.41) is 2.42. The molecule has 1 rings (SSSR count). The van der Waals surface area contributed by atoms with Crippen LogP contribution in [-0.4, -0.2) is 19.8 Å². The van der Waals surface area contributed by atoms with Gasteiger partial charge in [0.1, 0.15) is 11.7 Å². The lowest BCUT2D eigenvalue weighted by atomic mass is 10.1. The molecule has 14 heavy (non-hydrogen) atoms. The molecular formula is C8H9ClF3NO. The van der Waals surface area contributed by atoms with Crippen molar-refractivity contribution in [2.75, 3.05) is 13.6 Å². The van der Waals surface area contributed by atoms with Crippen LogP contribution in [-0.2, 0) is 0 Å². The summed E-state index contributed by atoms with van der Waals surface area (Å²) >= 11 is 5.40. The van der Waals surface area contributed by atoms with Crippen molar-refractivity contribution in [2.45, 2.75) is 12.1 Å². The van der Waals surface area contributed by atoms with Gasteiger partial charge in [-0.05, 0) is 30.8 Å². The average Bonchev–Trinajstić information content (AvgIpc) is 2.45. The fourth-order valence-corrected chi connectivity index (χ4v) is 1.25. The molecule has 0 aliphatic carbocycles. The summed E-state index contributed by atoms with van der Waals surface area (Å²) < 4.78 is 42.1. The van der Waals surface area contributed by atoms with Gasteiger partial charge in [-0.3, -0.25) is 0 Å². The van der Waals surface area contributed by atoms with Crippen LogP contribution in [0.1, 0.15) is 11.7 Å². The maximum Gasteiger partial charge on any atom is 0.399 e. The van der Waals surface area contributed by atoms with Gasteiger partial charge >= 0.3 is 6.18 Å². The molecule has 0 bridgehead atoms. The summed E-state index contributed by atoms with van der Waals surface area (Å²) in [4.78, 5) is 0. The Kier molecular flexibility index (Phi) is 3.44. The molecule has 0 aromatic carbocycles. The molecule has 2 nitrogen and oxygen atoms in total. The summed E-state index contributed by atoms with van der Waals surface area (Å²) in [5.74, 6) is -1.82. The second kappa shape index (κ2) is 4.23. The second-order valence-electron chi connectivity index (χ2n) is 2.79. The van der Waals surface area contributed by atoms with Gasteiger partial charge in [0.2, 0.25) is 0 Å². The summed E-state index contributed by atoms with van der Waals surface area (Å²) in [6.45, 7) is -0.229. The van der Waals surface area contributed by atoms with Gasteiger partial charge in [0, 0.05) is 6.54 Å². The van der Waals surface area contributed by atoms with Crippen molar-refractivity contribution in [3.05, 3.63) is 23.1 Å². The highest BCUT2D eigenvalue weighted by Gasteiger charge is 2.42. The first-order chi connectivity index (χ1) is 6.45. The van der Waals surface area contributed by atoms with E-state index in [2.05, 4.69) is 5.32 Å². The number of furan rings is 1. The Morgan fingerprint density at radius 2 is 2.14 bits per heavy atom. The number of hydrogen-bond acceptors (Lipinski definition) is 2. The molecule has 0 aliphatic rings. The lowest BCUT2D eigenvalue weighted by molar-refractivity contribution is -0.152. The first-order valence-electron chi connectivity index (χ1n) is 3.91. The number of alkyl halides is 3. The average molecular weight is 228 g/mol. The molecule has 0 spiro atoms. The van der Waals surface area contributed by atoms with Gasteiger partial charge in [-0.25, -0.2) is 0 Å². The minimum atomic E-state index is -4.33. The molecule has 0 saturated carbocycles. The van der Waals surface area contributed by atoms with Crippen molar-refractivity contribution in [3.63, 3.8) is 0 Å². The highest BCUT2D eigenvalue weighted by molar-refractivity contribution is 6.28. The Labute approximate surface area is 84.0 Å². The van der Waals surface area contributed by atoms with Gasteiger partial charge in [-0.2, -0.15) is 13.2 Å². The highest BCUT2D eigenvalue weighted by Crippen LogP contribution is 2.35. The summed E-state index contributed by atoms with van der Waals surface area (Å²) in [5.41, 5.74) is 0. The van der Waals surface area contributed by atoms with E-state index >= 15 is 0 Å². The Balaban J connectivity index is 2.88. The van der Waals surface area contributed by atoms with Crippen LogP contribution in [0.15, 0.2) is 16.5 Å². The summed E-state index contributed by atoms with van der Waals surface area (Å²) in [6, 6.07) is 2.53. The SMILES string of the molecule is CNCC(c1ccc(Cl)o1)C(F)(F)F. The first-order valence-corrected chi connectivity index (χ1v) is 4.29. The van der Waals surface area contributed by atoms with Crippen molar-refractivity contribution in [1.82, 2.24) is 5.32 Å². The van der Waals surface area contributed by atoms with E-state index in [1.165, 1.54) is 19.2 Å². The van der Waals surface area contributed by atoms with Crippen molar-refractivity contribution >= 4 is 11.6 Å². The van der Waals surface area contributed by atoms with Crippen LogP contribution >= 0.6 is 11.6 Å². The van der Waals surface area contributed by atoms with Crippen LogP contribution in [0, 0.1) is 0 Å². The standard InChI is InChI=1S/C8H9ClF3NO/c1-13-4-5(8(10,11)12)6-2-3-7(9)14-6/h2-3,5,13H,4H2,1H3. The van der Waals surface area contributed by atoms with Crippen molar-refractivity contribution in [3.8, 4) is 0 Å². The molecular weight excluding hydrogens is 219 g/mol. The van der Waals surface area contributed by atoms with E-state index in [1.54, 1.807) is 0 Å². The smallest absolute Gasteiger partial charge is 0.399 e. The molecule has 6 heteroatoms. The number of likely N-dealkylation sites (N-methyl/N-ethyl adjacent to an activating group) is 1. The third-order valence-corrected chi connectivity index (χ3v) is 1.94. The summed E-state index contributed by atoms with van der Waals surface area (Å²) in [7, 11) is 1.45. The maximum atomic E-state index is 12.5. The number of halogens is 4. The third-order valence-electron chi connectivity index (χ3n) is 1.74. The fourth-order valence-electron chi connectivity index (χ4n) is 1.10. The van der Waals surface area contributed by atoms with E-state index in [-0.39, 0.29) is 17.5 Å². The van der Waals surface area contributed by atoms with Gasteiger partial charge < -0.3 is 9.73 Å². The van der Waals surface area contributed by atoms with Crippen LogP contribution < -0.4 is 5.32 Å². The zero-order valence-electron chi connectivity index (χ0n) is 7.36. The van der Waals surface area contributed by atoms with E-state index in [4.69, 9.17) is 16.0 Å². The van der Waals surface area contributed by atoms with Gasteiger partial charge in [-0.1, -0.05) is 0 Å². The topological polar surface area (TPSA) is 25.2 Å². The Morgan fingerprint density at radius 3 is 2.50 bits per heavy atom. The molecule has 1 unspecified atom stereocenters. The largest absolute Gasteiger partial charge is 0.449 e. The van der Waals surface area contributed by atoms with E-state index < -0.39 is 12.1 Å². The fraction of sp³-hybridized carbons (Fsp3) is 0.500. The monoisotopic (exact) mass is 227 g/mol. The van der Waals surface area contributed by atoms with Gasteiger partial charge in [0.05, 0.1) is 0 Å². The molecule has 0 radical (unpaired) electrons. The Hall–Kier alpha value is -0.680.